The van der Waals surface area contributed by atoms with Crippen LogP contribution in [0.1, 0.15) is 70.7 Å². The van der Waals surface area contributed by atoms with Crippen LogP contribution in [0, 0.1) is 0 Å². The number of carbonyl (C=O) groups excluding carboxylic acids is 3. The van der Waals surface area contributed by atoms with E-state index < -0.39 is 49.3 Å². The van der Waals surface area contributed by atoms with E-state index in [0.717, 1.165) is 4.90 Å². The van der Waals surface area contributed by atoms with Gasteiger partial charge in [-0.05, 0) is 19.3 Å². The predicted octanol–water partition coefficient (Wildman–Crippen LogP) is -0.123. The summed E-state index contributed by atoms with van der Waals surface area (Å²) in [6, 6.07) is -1.94. The summed E-state index contributed by atoms with van der Waals surface area (Å²) in [7, 11) is 0. The van der Waals surface area contributed by atoms with Gasteiger partial charge >= 0.3 is 0 Å². The summed E-state index contributed by atoms with van der Waals surface area (Å²) in [4.78, 5) is 46.2. The largest absolute Gasteiger partial charge is 0.394 e. The highest BCUT2D eigenvalue weighted by atomic mass is 16.3. The lowest BCUT2D eigenvalue weighted by atomic mass is 10.0. The Morgan fingerprint density at radius 2 is 1.31 bits per heavy atom. The van der Waals surface area contributed by atoms with E-state index in [9.17, 15) is 34.8 Å². The van der Waals surface area contributed by atoms with Crippen molar-refractivity contribution in [3.05, 3.63) is 23.8 Å². The number of amides is 3. The van der Waals surface area contributed by atoms with Crippen molar-refractivity contribution in [1.29, 1.82) is 0 Å². The van der Waals surface area contributed by atoms with Gasteiger partial charge in [0.15, 0.2) is 0 Å². The second-order valence-corrected chi connectivity index (χ2v) is 8.56. The van der Waals surface area contributed by atoms with Crippen LogP contribution in [0.15, 0.2) is 12.4 Å². The Hall–Kier alpha value is -2.47. The summed E-state index contributed by atoms with van der Waals surface area (Å²) in [5, 5.41) is 43.1. The number of carbonyl (C=O) groups is 3. The van der Waals surface area contributed by atoms with Crippen molar-refractivity contribution in [2.45, 2.75) is 96.4 Å². The van der Waals surface area contributed by atoms with Gasteiger partial charge in [-0.25, -0.2) is 0 Å². The minimum atomic E-state index is -1.25. The fraction of sp³-hybridized carbons (Fsp3) is 0.708. The van der Waals surface area contributed by atoms with E-state index >= 15 is 0 Å². The lowest BCUT2D eigenvalue weighted by Crippen LogP contribution is -2.52. The number of imide groups is 1. The monoisotopic (exact) mass is 496 g/mol. The molecular formula is C24H40N4O7. The first-order valence-electron chi connectivity index (χ1n) is 12.2. The summed E-state index contributed by atoms with van der Waals surface area (Å²) >= 11 is 0. The van der Waals surface area contributed by atoms with Crippen molar-refractivity contribution in [1.82, 2.24) is 20.2 Å². The molecule has 0 fully saturated rings. The molecular weight excluding hydrogens is 456 g/mol. The van der Waals surface area contributed by atoms with E-state index in [1.54, 1.807) is 13.8 Å². The molecule has 0 aliphatic heterocycles. The molecule has 1 rings (SSSR count). The third-order valence-corrected chi connectivity index (χ3v) is 5.51. The average Bonchev–Trinajstić information content (AvgIpc) is 2.82. The molecule has 3 amide bonds. The molecule has 5 N–H and O–H groups in total. The smallest absolute Gasteiger partial charge is 0.229 e. The molecule has 1 heterocycles. The number of hydrogen-bond donors (Lipinski definition) is 5. The van der Waals surface area contributed by atoms with Gasteiger partial charge in [0.25, 0.3) is 0 Å². The number of aliphatic hydroxyl groups excluding tert-OH is 4. The second-order valence-electron chi connectivity index (χ2n) is 8.56. The first-order valence-corrected chi connectivity index (χ1v) is 12.2. The average molecular weight is 497 g/mol. The molecule has 198 valence electrons. The van der Waals surface area contributed by atoms with Gasteiger partial charge in [0.05, 0.1) is 48.9 Å². The van der Waals surface area contributed by atoms with Gasteiger partial charge in [-0.2, -0.15) is 0 Å². The predicted molar refractivity (Wildman–Crippen MR) is 128 cm³/mol. The molecule has 0 aromatic carbocycles. The van der Waals surface area contributed by atoms with Crippen molar-refractivity contribution in [3.8, 4) is 0 Å². The fourth-order valence-electron chi connectivity index (χ4n) is 3.62. The van der Waals surface area contributed by atoms with Crippen LogP contribution in [0.5, 0.6) is 0 Å². The van der Waals surface area contributed by atoms with E-state index in [4.69, 9.17) is 0 Å². The van der Waals surface area contributed by atoms with Crippen LogP contribution >= 0.6 is 0 Å². The second kappa shape index (κ2) is 16.2. The van der Waals surface area contributed by atoms with Gasteiger partial charge in [0.2, 0.25) is 17.7 Å². The number of nitrogens with zero attached hydrogens (tertiary/aromatic N) is 3. The molecule has 35 heavy (non-hydrogen) atoms. The first kappa shape index (κ1) is 30.6. The lowest BCUT2D eigenvalue weighted by Gasteiger charge is -2.32. The summed E-state index contributed by atoms with van der Waals surface area (Å²) in [5.74, 6) is -1.14. The van der Waals surface area contributed by atoms with Gasteiger partial charge in [-0.15, -0.1) is 0 Å². The van der Waals surface area contributed by atoms with Crippen LogP contribution in [0.25, 0.3) is 0 Å². The maximum Gasteiger partial charge on any atom is 0.229 e. The summed E-state index contributed by atoms with van der Waals surface area (Å²) in [6.45, 7) is 4.45. The normalized spacial score (nSPS) is 14.6. The van der Waals surface area contributed by atoms with Crippen LogP contribution in [0.3, 0.4) is 0 Å². The van der Waals surface area contributed by atoms with E-state index in [-0.39, 0.29) is 31.6 Å². The van der Waals surface area contributed by atoms with Gasteiger partial charge in [0, 0.05) is 44.5 Å². The standard InChI is InChI=1S/C24H40N4O7/c1-4-7-22(33)27-18(14-29)20(31)10-16-12-26-17(13-25-16)11-21(32)19(15-30)28(23(34)8-5-2)24(35)9-6-3/h12-13,18-21,29-32H,4-11,14-15H2,1-3H3,(H,27,33)/t18-,19-,20+,21+/m1/s1. The highest BCUT2D eigenvalue weighted by Gasteiger charge is 2.33. The van der Waals surface area contributed by atoms with E-state index in [0.29, 0.717) is 37.1 Å². The van der Waals surface area contributed by atoms with Crippen LogP contribution in [-0.2, 0) is 27.2 Å². The SMILES string of the molecule is CCCC(=O)N[C@H](CO)[C@@H](O)Cc1cnc(C[C@H](O)[C@@H](CO)N(C(=O)CCC)C(=O)CCC)cn1. The Labute approximate surface area is 206 Å². The Bertz CT molecular complexity index is 773. The number of aliphatic hydroxyl groups is 4. The highest BCUT2D eigenvalue weighted by molar-refractivity contribution is 5.95. The Kier molecular flexibility index (Phi) is 14.2. The molecule has 0 aliphatic carbocycles. The van der Waals surface area contributed by atoms with Crippen molar-refractivity contribution in [2.75, 3.05) is 13.2 Å². The molecule has 0 unspecified atom stereocenters. The number of rotatable bonds is 16. The summed E-state index contributed by atoms with van der Waals surface area (Å²) in [5.41, 5.74) is 0.783. The summed E-state index contributed by atoms with van der Waals surface area (Å²) in [6.07, 6.45) is 2.72. The topological polar surface area (TPSA) is 173 Å². The maximum absolute atomic E-state index is 12.5. The molecule has 0 saturated heterocycles. The zero-order valence-electron chi connectivity index (χ0n) is 20.9. The van der Waals surface area contributed by atoms with Crippen molar-refractivity contribution in [2.24, 2.45) is 0 Å². The number of aromatic nitrogens is 2. The highest BCUT2D eigenvalue weighted by Crippen LogP contribution is 2.15. The third-order valence-electron chi connectivity index (χ3n) is 5.51. The van der Waals surface area contributed by atoms with Crippen LogP contribution in [0.4, 0.5) is 0 Å². The molecule has 0 spiro atoms. The lowest BCUT2D eigenvalue weighted by molar-refractivity contribution is -0.152. The summed E-state index contributed by atoms with van der Waals surface area (Å²) < 4.78 is 0. The third kappa shape index (κ3) is 9.96. The van der Waals surface area contributed by atoms with E-state index in [1.165, 1.54) is 12.4 Å². The van der Waals surface area contributed by atoms with Gasteiger partial charge in [-0.3, -0.25) is 29.3 Å². The minimum Gasteiger partial charge on any atom is -0.394 e. The maximum atomic E-state index is 12.5. The molecule has 0 aliphatic rings. The number of nitrogens with one attached hydrogen (secondary N) is 1. The Morgan fingerprint density at radius 3 is 1.71 bits per heavy atom. The molecule has 1 aromatic rings. The van der Waals surface area contributed by atoms with Gasteiger partial charge in [-0.1, -0.05) is 20.8 Å². The zero-order chi connectivity index (χ0) is 26.4. The number of hydrogen-bond acceptors (Lipinski definition) is 9. The Morgan fingerprint density at radius 1 is 0.829 bits per heavy atom. The molecule has 0 radical (unpaired) electrons. The zero-order valence-corrected chi connectivity index (χ0v) is 20.9. The van der Waals surface area contributed by atoms with Crippen molar-refractivity contribution >= 4 is 17.7 Å². The molecule has 1 aromatic heterocycles. The van der Waals surface area contributed by atoms with Crippen LogP contribution in [0.2, 0.25) is 0 Å². The quantitative estimate of drug-likeness (QED) is 0.209. The fourth-order valence-corrected chi connectivity index (χ4v) is 3.62. The van der Waals surface area contributed by atoms with Crippen molar-refractivity contribution < 1.29 is 34.8 Å². The molecule has 0 saturated carbocycles. The minimum absolute atomic E-state index is 0.0392. The van der Waals surface area contributed by atoms with Gasteiger partial charge < -0.3 is 25.7 Å². The van der Waals surface area contributed by atoms with Gasteiger partial charge in [0.1, 0.15) is 0 Å². The molecule has 4 atom stereocenters. The van der Waals surface area contributed by atoms with E-state index in [2.05, 4.69) is 15.3 Å². The Balaban J connectivity index is 2.86. The molecule has 0 bridgehead atoms. The molecule has 11 heteroatoms. The van der Waals surface area contributed by atoms with Crippen molar-refractivity contribution in [3.63, 3.8) is 0 Å². The van der Waals surface area contributed by atoms with E-state index in [1.807, 2.05) is 6.92 Å². The van der Waals surface area contributed by atoms with Crippen LogP contribution in [-0.4, -0.2) is 90.5 Å². The first-order chi connectivity index (χ1) is 16.7. The molecule has 11 nitrogen and oxygen atoms in total. The van der Waals surface area contributed by atoms with Crippen LogP contribution < -0.4 is 5.32 Å².